The Labute approximate surface area is 354 Å². The van der Waals surface area contributed by atoms with Gasteiger partial charge in [-0.1, -0.05) is 0 Å². The summed E-state index contributed by atoms with van der Waals surface area (Å²) >= 11 is -5.43. The van der Waals surface area contributed by atoms with Crippen molar-refractivity contribution in [3.8, 4) is 22.3 Å². The maximum absolute atomic E-state index is 9.05. The number of allylic oxidation sites excluding steroid dienone is 2. The van der Waals surface area contributed by atoms with Gasteiger partial charge in [0.2, 0.25) is 0 Å². The Morgan fingerprint density at radius 1 is 0.466 bits per heavy atom. The molecule has 2 unspecified atom stereocenters. The van der Waals surface area contributed by atoms with E-state index in [1.165, 1.54) is 89.0 Å². The fourth-order valence-electron chi connectivity index (χ4n) is 9.98. The summed E-state index contributed by atoms with van der Waals surface area (Å²) in [4.78, 5) is 0. The van der Waals surface area contributed by atoms with Gasteiger partial charge in [-0.3, -0.25) is 0 Å². The van der Waals surface area contributed by atoms with Crippen LogP contribution in [0.2, 0.25) is 13.1 Å². The van der Waals surface area contributed by atoms with Crippen LogP contribution >= 0.6 is 17.0 Å². The molecule has 8 rings (SSSR count). The molecule has 0 spiro atoms. The van der Waals surface area contributed by atoms with Gasteiger partial charge in [-0.2, -0.15) is 0 Å². The van der Waals surface area contributed by atoms with Crippen LogP contribution < -0.4 is 0 Å². The van der Waals surface area contributed by atoms with Crippen molar-refractivity contribution in [1.29, 1.82) is 0 Å². The number of rotatable bonds is 6. The van der Waals surface area contributed by atoms with Crippen molar-refractivity contribution in [3.05, 3.63) is 162 Å². The zero-order valence-corrected chi connectivity index (χ0v) is 41.6. The third-order valence-electron chi connectivity index (χ3n) is 14.2. The molecule has 0 N–H and O–H groups in total. The summed E-state index contributed by atoms with van der Waals surface area (Å²) in [6.45, 7) is 30.9. The first kappa shape index (κ1) is 41.3. The molecule has 0 aliphatic heterocycles. The van der Waals surface area contributed by atoms with Crippen molar-refractivity contribution >= 4 is 45.8 Å². The molecule has 298 valence electrons. The van der Waals surface area contributed by atoms with Gasteiger partial charge in [0.25, 0.3) is 0 Å². The van der Waals surface area contributed by atoms with E-state index in [0.29, 0.717) is 0 Å². The SMILES string of the molecule is Cc1cc(C2=Cc3c(ccc(C)c3-c3cc(C)c(C)c(C)c3)[CH]2[Zr]([Cl])([Cl])([CH]2C(c3cc(C)c(C)o3)=Cc3c2ccc(C)c3-c2cc(C)c(C)c(C)c2)=[Si](C)C)oc1C. The van der Waals surface area contributed by atoms with Crippen LogP contribution in [0.4, 0.5) is 0 Å². The minimum absolute atomic E-state index is 0.231. The first-order valence-electron chi connectivity index (χ1n) is 20.6. The van der Waals surface area contributed by atoms with Crippen LogP contribution in [0.5, 0.6) is 0 Å². The molecular formula is C52H56Cl2O2SiZr. The molecule has 0 amide bonds. The number of hydrogen-bond acceptors (Lipinski definition) is 2. The summed E-state index contributed by atoms with van der Waals surface area (Å²) in [5.74, 6) is 3.57. The second kappa shape index (κ2) is 14.4. The first-order chi connectivity index (χ1) is 27.2. The molecule has 2 nitrogen and oxygen atoms in total. The van der Waals surface area contributed by atoms with Crippen molar-refractivity contribution < 1.29 is 23.8 Å². The summed E-state index contributed by atoms with van der Waals surface area (Å²) in [7, 11) is 18.1. The van der Waals surface area contributed by atoms with E-state index >= 15 is 0 Å². The van der Waals surface area contributed by atoms with Crippen LogP contribution in [-0.4, -0.2) is 5.43 Å². The summed E-state index contributed by atoms with van der Waals surface area (Å²) in [5.41, 5.74) is 23.2. The van der Waals surface area contributed by atoms with Crippen molar-refractivity contribution in [3.63, 3.8) is 0 Å². The number of furan rings is 2. The average Bonchev–Trinajstić information content (AvgIpc) is 3.92. The normalized spacial score (nSPS) is 16.4. The molecule has 0 saturated carbocycles. The zero-order valence-electron chi connectivity index (χ0n) is 36.7. The second-order valence-corrected chi connectivity index (χ2v) is 56.7. The van der Waals surface area contributed by atoms with Gasteiger partial charge >= 0.3 is 357 Å². The molecule has 6 heteroatoms. The molecule has 6 aromatic rings. The van der Waals surface area contributed by atoms with Crippen LogP contribution in [0.25, 0.3) is 45.6 Å². The Bertz CT molecular complexity index is 2630. The van der Waals surface area contributed by atoms with Crippen LogP contribution in [0.3, 0.4) is 0 Å². The number of hydrogen-bond donors (Lipinski definition) is 0. The second-order valence-electron chi connectivity index (χ2n) is 17.9. The van der Waals surface area contributed by atoms with E-state index in [-0.39, 0.29) is 7.25 Å². The molecule has 2 aliphatic rings. The third-order valence-corrected chi connectivity index (χ3v) is 60.4. The van der Waals surface area contributed by atoms with Crippen LogP contribution in [0, 0.1) is 83.1 Å². The molecule has 0 fully saturated rings. The quantitative estimate of drug-likeness (QED) is 0.156. The molecule has 2 aliphatic carbocycles. The van der Waals surface area contributed by atoms with Crippen LogP contribution in [0.1, 0.15) is 108 Å². The Morgan fingerprint density at radius 2 is 0.810 bits per heavy atom. The van der Waals surface area contributed by atoms with Gasteiger partial charge in [0.1, 0.15) is 0 Å². The Balaban J connectivity index is 1.48. The topological polar surface area (TPSA) is 26.3 Å². The van der Waals surface area contributed by atoms with Gasteiger partial charge in [0, 0.05) is 0 Å². The van der Waals surface area contributed by atoms with E-state index in [0.717, 1.165) is 45.3 Å². The van der Waals surface area contributed by atoms with E-state index in [2.05, 4.69) is 169 Å². The van der Waals surface area contributed by atoms with Gasteiger partial charge in [-0.05, 0) is 0 Å². The zero-order chi connectivity index (χ0) is 41.9. The molecule has 0 bridgehead atoms. The fraction of sp³-hybridized carbons (Fsp3) is 0.308. The summed E-state index contributed by atoms with van der Waals surface area (Å²) in [6, 6.07) is 23.1. The van der Waals surface area contributed by atoms with Crippen LogP contribution in [-0.2, 0) is 15.0 Å². The predicted molar refractivity (Wildman–Crippen MR) is 248 cm³/mol. The van der Waals surface area contributed by atoms with Crippen molar-refractivity contribution in [2.75, 3.05) is 0 Å². The predicted octanol–water partition coefficient (Wildman–Crippen LogP) is 16.0. The van der Waals surface area contributed by atoms with E-state index in [4.69, 9.17) is 25.9 Å². The molecule has 58 heavy (non-hydrogen) atoms. The molecule has 2 heterocycles. The summed E-state index contributed by atoms with van der Waals surface area (Å²) in [5, 5.41) is 0. The Kier molecular flexibility index (Phi) is 10.2. The van der Waals surface area contributed by atoms with Crippen LogP contribution in [0.15, 0.2) is 69.5 Å². The molecular weight excluding hydrogens is 847 g/mol. The molecule has 0 radical (unpaired) electrons. The fourth-order valence-corrected chi connectivity index (χ4v) is 37.7. The van der Waals surface area contributed by atoms with E-state index in [9.17, 15) is 0 Å². The Morgan fingerprint density at radius 3 is 1.10 bits per heavy atom. The molecule has 2 aromatic heterocycles. The number of halogens is 2. The summed E-state index contributed by atoms with van der Waals surface area (Å²) in [6.07, 6.45) is 4.79. The van der Waals surface area contributed by atoms with Crippen molar-refractivity contribution in [1.82, 2.24) is 0 Å². The standard InChI is InChI=1S/2C25H25O.C2H6Si.2ClH.Zr/c2*1-14-7-8-20-12-21(24-11-17(4)19(6)26-24)13-23(20)25(14)22-9-15(2)18(5)16(3)10-22;1-3-2;;;/h2*7-13H,1-6H3;1-2H3;2*1H;/q;;;;;+2/p-2. The monoisotopic (exact) mass is 900 g/mol. The van der Waals surface area contributed by atoms with Gasteiger partial charge in [-0.15, -0.1) is 0 Å². The third kappa shape index (κ3) is 6.17. The molecule has 2 atom stereocenters. The van der Waals surface area contributed by atoms with Crippen molar-refractivity contribution in [2.24, 2.45) is 0 Å². The number of aryl methyl sites for hydroxylation is 10. The van der Waals surface area contributed by atoms with Gasteiger partial charge in [0.05, 0.1) is 0 Å². The Hall–Kier alpha value is -3.40. The average molecular weight is 903 g/mol. The van der Waals surface area contributed by atoms with Gasteiger partial charge in [-0.25, -0.2) is 0 Å². The van der Waals surface area contributed by atoms with E-state index in [1.807, 2.05) is 0 Å². The number of fused-ring (bicyclic) bond motifs is 2. The molecule has 0 saturated heterocycles. The minimum atomic E-state index is -5.43. The summed E-state index contributed by atoms with van der Waals surface area (Å²) < 4.78 is 13.0. The maximum atomic E-state index is 9.05. The number of benzene rings is 4. The van der Waals surface area contributed by atoms with E-state index in [1.54, 1.807) is 0 Å². The van der Waals surface area contributed by atoms with E-state index < -0.39 is 20.4 Å². The van der Waals surface area contributed by atoms with Crippen molar-refractivity contribution in [2.45, 2.75) is 103 Å². The van der Waals surface area contributed by atoms with Gasteiger partial charge < -0.3 is 0 Å². The van der Waals surface area contributed by atoms with Gasteiger partial charge in [0.15, 0.2) is 0 Å². The first-order valence-corrected chi connectivity index (χ1v) is 36.0. The molecule has 4 aromatic carbocycles.